The van der Waals surface area contributed by atoms with Crippen molar-refractivity contribution in [2.24, 2.45) is 17.6 Å². The average molecular weight is 276 g/mol. The fourth-order valence-electron chi connectivity index (χ4n) is 2.30. The van der Waals surface area contributed by atoms with Gasteiger partial charge in [0.2, 0.25) is 5.91 Å². The molecule has 1 aromatic carbocycles. The number of carbonyl (C=O) groups excluding carboxylic acids is 1. The number of amides is 1. The molecule has 112 valence electrons. The second-order valence-electron chi connectivity index (χ2n) is 6.31. The third kappa shape index (κ3) is 5.74. The molecular weight excluding hydrogens is 248 g/mol. The largest absolute Gasteiger partial charge is 0.342 e. The molecule has 1 amide bonds. The molecule has 1 rings (SSSR count). The minimum atomic E-state index is -0.217. The van der Waals surface area contributed by atoms with Crippen molar-refractivity contribution in [2.45, 2.75) is 40.2 Å². The van der Waals surface area contributed by atoms with E-state index in [1.54, 1.807) is 0 Å². The summed E-state index contributed by atoms with van der Waals surface area (Å²) in [5.41, 5.74) is 7.17. The molecule has 0 aliphatic rings. The van der Waals surface area contributed by atoms with Crippen LogP contribution in [0.15, 0.2) is 30.3 Å². The number of hydrogen-bond acceptors (Lipinski definition) is 2. The molecule has 0 aliphatic heterocycles. The maximum atomic E-state index is 12.4. The van der Waals surface area contributed by atoms with Crippen molar-refractivity contribution >= 4 is 5.91 Å². The van der Waals surface area contributed by atoms with Crippen molar-refractivity contribution in [3.05, 3.63) is 35.9 Å². The number of hydrogen-bond donors (Lipinski definition) is 1. The summed E-state index contributed by atoms with van der Waals surface area (Å²) in [6.45, 7) is 10.2. The molecule has 1 atom stereocenters. The van der Waals surface area contributed by atoms with Crippen LogP contribution >= 0.6 is 0 Å². The van der Waals surface area contributed by atoms with Crippen molar-refractivity contribution in [2.75, 3.05) is 13.1 Å². The Bertz CT molecular complexity index is 391. The lowest BCUT2D eigenvalue weighted by atomic mass is 10.0. The molecule has 0 bridgehead atoms. The van der Waals surface area contributed by atoms with Gasteiger partial charge in [0.1, 0.15) is 0 Å². The summed E-state index contributed by atoms with van der Waals surface area (Å²) in [5.74, 6) is 1.11. The quantitative estimate of drug-likeness (QED) is 0.831. The first kappa shape index (κ1) is 16.7. The molecule has 0 aromatic heterocycles. The van der Waals surface area contributed by atoms with Crippen LogP contribution in [0.2, 0.25) is 0 Å². The van der Waals surface area contributed by atoms with E-state index in [4.69, 9.17) is 5.73 Å². The predicted molar refractivity (Wildman–Crippen MR) is 84.2 cm³/mol. The number of rotatable bonds is 7. The van der Waals surface area contributed by atoms with Gasteiger partial charge in [-0.2, -0.15) is 0 Å². The van der Waals surface area contributed by atoms with E-state index in [0.29, 0.717) is 18.3 Å². The maximum Gasteiger partial charge on any atom is 0.224 e. The van der Waals surface area contributed by atoms with E-state index in [1.165, 1.54) is 0 Å². The van der Waals surface area contributed by atoms with Crippen molar-refractivity contribution in [3.63, 3.8) is 0 Å². The standard InChI is InChI=1S/C17H28N2O/c1-13(2)11-19(12-14(3)4)17(20)10-16(18)15-8-6-5-7-9-15/h5-9,13-14,16H,10-12,18H2,1-4H3. The summed E-state index contributed by atoms with van der Waals surface area (Å²) >= 11 is 0. The lowest BCUT2D eigenvalue weighted by Gasteiger charge is -2.27. The molecule has 0 saturated heterocycles. The zero-order valence-electron chi connectivity index (χ0n) is 13.2. The van der Waals surface area contributed by atoms with Crippen LogP contribution in [0.1, 0.15) is 45.7 Å². The summed E-state index contributed by atoms with van der Waals surface area (Å²) in [5, 5.41) is 0. The Balaban J connectivity index is 2.65. The molecule has 0 heterocycles. The van der Waals surface area contributed by atoms with Gasteiger partial charge in [-0.05, 0) is 17.4 Å². The molecule has 1 aromatic rings. The van der Waals surface area contributed by atoms with Crippen molar-refractivity contribution in [1.29, 1.82) is 0 Å². The molecule has 0 radical (unpaired) electrons. The maximum absolute atomic E-state index is 12.4. The topological polar surface area (TPSA) is 46.3 Å². The lowest BCUT2D eigenvalue weighted by Crippen LogP contribution is -2.38. The highest BCUT2D eigenvalue weighted by Crippen LogP contribution is 2.16. The van der Waals surface area contributed by atoms with Crippen molar-refractivity contribution in [3.8, 4) is 0 Å². The van der Waals surface area contributed by atoms with E-state index in [2.05, 4.69) is 27.7 Å². The predicted octanol–water partition coefficient (Wildman–Crippen LogP) is 3.22. The van der Waals surface area contributed by atoms with Gasteiger partial charge in [0.05, 0.1) is 0 Å². The number of nitrogens with two attached hydrogens (primary N) is 1. The molecule has 3 heteroatoms. The van der Waals surface area contributed by atoms with Gasteiger partial charge in [0.25, 0.3) is 0 Å². The van der Waals surface area contributed by atoms with Crippen LogP contribution in [-0.4, -0.2) is 23.9 Å². The summed E-state index contributed by atoms with van der Waals surface area (Å²) in [4.78, 5) is 14.4. The molecule has 0 spiro atoms. The fraction of sp³-hybridized carbons (Fsp3) is 0.588. The van der Waals surface area contributed by atoms with E-state index in [0.717, 1.165) is 18.7 Å². The van der Waals surface area contributed by atoms with Gasteiger partial charge in [0, 0.05) is 25.6 Å². The van der Waals surface area contributed by atoms with E-state index >= 15 is 0 Å². The van der Waals surface area contributed by atoms with Gasteiger partial charge in [-0.3, -0.25) is 4.79 Å². The van der Waals surface area contributed by atoms with Crippen LogP contribution in [0.25, 0.3) is 0 Å². The van der Waals surface area contributed by atoms with Gasteiger partial charge in [-0.25, -0.2) is 0 Å². The van der Waals surface area contributed by atoms with Crippen LogP contribution in [0, 0.1) is 11.8 Å². The Morgan fingerprint density at radius 1 is 1.05 bits per heavy atom. The van der Waals surface area contributed by atoms with Crippen LogP contribution < -0.4 is 5.73 Å². The second-order valence-corrected chi connectivity index (χ2v) is 6.31. The van der Waals surface area contributed by atoms with Gasteiger partial charge in [-0.15, -0.1) is 0 Å². The van der Waals surface area contributed by atoms with Gasteiger partial charge >= 0.3 is 0 Å². The zero-order chi connectivity index (χ0) is 15.1. The van der Waals surface area contributed by atoms with Gasteiger partial charge < -0.3 is 10.6 Å². The second kappa shape index (κ2) is 8.05. The molecule has 2 N–H and O–H groups in total. The van der Waals surface area contributed by atoms with E-state index in [-0.39, 0.29) is 11.9 Å². The van der Waals surface area contributed by atoms with E-state index in [1.807, 2.05) is 35.2 Å². The molecular formula is C17H28N2O. The number of benzene rings is 1. The zero-order valence-corrected chi connectivity index (χ0v) is 13.2. The summed E-state index contributed by atoms with van der Waals surface area (Å²) in [6, 6.07) is 9.62. The van der Waals surface area contributed by atoms with Crippen LogP contribution in [0.3, 0.4) is 0 Å². The first-order valence-electron chi connectivity index (χ1n) is 7.48. The fourth-order valence-corrected chi connectivity index (χ4v) is 2.30. The highest BCUT2D eigenvalue weighted by Gasteiger charge is 2.19. The highest BCUT2D eigenvalue weighted by atomic mass is 16.2. The van der Waals surface area contributed by atoms with Crippen molar-refractivity contribution in [1.82, 2.24) is 4.90 Å². The number of nitrogens with zero attached hydrogens (tertiary/aromatic N) is 1. The Morgan fingerprint density at radius 2 is 1.55 bits per heavy atom. The Hall–Kier alpha value is -1.35. The first-order valence-corrected chi connectivity index (χ1v) is 7.48. The summed E-state index contributed by atoms with van der Waals surface area (Å²) < 4.78 is 0. The molecule has 1 unspecified atom stereocenters. The Kier molecular flexibility index (Phi) is 6.73. The van der Waals surface area contributed by atoms with Crippen molar-refractivity contribution < 1.29 is 4.79 Å². The van der Waals surface area contributed by atoms with E-state index < -0.39 is 0 Å². The third-order valence-electron chi connectivity index (χ3n) is 3.15. The average Bonchev–Trinajstić information content (AvgIpc) is 2.37. The lowest BCUT2D eigenvalue weighted by molar-refractivity contribution is -0.132. The van der Waals surface area contributed by atoms with E-state index in [9.17, 15) is 4.79 Å². The molecule has 0 saturated carbocycles. The van der Waals surface area contributed by atoms with Crippen LogP contribution in [0.4, 0.5) is 0 Å². The van der Waals surface area contributed by atoms with Crippen LogP contribution in [-0.2, 0) is 4.79 Å². The SMILES string of the molecule is CC(C)CN(CC(C)C)C(=O)CC(N)c1ccccc1. The summed E-state index contributed by atoms with van der Waals surface area (Å²) in [6.07, 6.45) is 0.378. The molecule has 3 nitrogen and oxygen atoms in total. The monoisotopic (exact) mass is 276 g/mol. The molecule has 20 heavy (non-hydrogen) atoms. The van der Waals surface area contributed by atoms with Gasteiger partial charge in [-0.1, -0.05) is 58.0 Å². The highest BCUT2D eigenvalue weighted by molar-refractivity contribution is 5.77. The minimum absolute atomic E-state index is 0.156. The minimum Gasteiger partial charge on any atom is -0.342 e. The number of carbonyl (C=O) groups is 1. The third-order valence-corrected chi connectivity index (χ3v) is 3.15. The molecule has 0 fully saturated rings. The molecule has 0 aliphatic carbocycles. The normalized spacial score (nSPS) is 12.8. The first-order chi connectivity index (χ1) is 9.40. The Morgan fingerprint density at radius 3 is 2.00 bits per heavy atom. The smallest absolute Gasteiger partial charge is 0.224 e. The van der Waals surface area contributed by atoms with Crippen LogP contribution in [0.5, 0.6) is 0 Å². The van der Waals surface area contributed by atoms with Gasteiger partial charge in [0.15, 0.2) is 0 Å². The summed E-state index contributed by atoms with van der Waals surface area (Å²) in [7, 11) is 0. The Labute approximate surface area is 123 Å².